The third kappa shape index (κ3) is 1.95. The van der Waals surface area contributed by atoms with Gasteiger partial charge in [0, 0.05) is 6.04 Å². The molecule has 1 N–H and O–H groups in total. The maximum atomic E-state index is 3.74. The minimum Gasteiger partial charge on any atom is -0.313 e. The maximum absolute atomic E-state index is 3.74. The topological polar surface area (TPSA) is 12.0 Å². The first kappa shape index (κ1) is 9.01. The van der Waals surface area contributed by atoms with Crippen LogP contribution in [0.1, 0.15) is 24.1 Å². The summed E-state index contributed by atoms with van der Waals surface area (Å²) < 4.78 is 0. The Balaban J connectivity index is 2.93. The van der Waals surface area contributed by atoms with Gasteiger partial charge in [0.15, 0.2) is 0 Å². The van der Waals surface area contributed by atoms with Gasteiger partial charge in [0.1, 0.15) is 0 Å². The van der Waals surface area contributed by atoms with Gasteiger partial charge in [0.25, 0.3) is 0 Å². The summed E-state index contributed by atoms with van der Waals surface area (Å²) >= 11 is 0. The summed E-state index contributed by atoms with van der Waals surface area (Å²) in [7, 11) is 1.96. The molecule has 0 heterocycles. The minimum absolute atomic E-state index is 0.407. The molecule has 64 valence electrons. The number of benzene rings is 1. The predicted octanol–water partition coefficient (Wildman–Crippen LogP) is 2.61. The molecule has 0 fully saturated rings. The average Bonchev–Trinajstić information content (AvgIpc) is 2.17. The number of hydrogen-bond acceptors (Lipinski definition) is 1. The third-order valence-corrected chi connectivity index (χ3v) is 2.08. The quantitative estimate of drug-likeness (QED) is 0.718. The fourth-order valence-corrected chi connectivity index (χ4v) is 1.12. The van der Waals surface area contributed by atoms with Crippen molar-refractivity contribution in [1.29, 1.82) is 0 Å². The summed E-state index contributed by atoms with van der Waals surface area (Å²) in [5.74, 6) is 0. The highest BCUT2D eigenvalue weighted by molar-refractivity contribution is 5.48. The molecular weight excluding hydrogens is 146 g/mol. The summed E-state index contributed by atoms with van der Waals surface area (Å²) in [5, 5.41) is 3.20. The molecule has 0 saturated carbocycles. The molecule has 1 unspecified atom stereocenters. The highest BCUT2D eigenvalue weighted by Crippen LogP contribution is 2.13. The van der Waals surface area contributed by atoms with E-state index in [1.54, 1.807) is 0 Å². The van der Waals surface area contributed by atoms with Crippen molar-refractivity contribution in [3.8, 4) is 0 Å². The highest BCUT2D eigenvalue weighted by Gasteiger charge is 2.00. The molecule has 1 aromatic carbocycles. The molecule has 0 saturated heterocycles. The average molecular weight is 161 g/mol. The third-order valence-electron chi connectivity index (χ3n) is 2.08. The van der Waals surface area contributed by atoms with Crippen molar-refractivity contribution in [1.82, 2.24) is 5.32 Å². The monoisotopic (exact) mass is 161 g/mol. The Bertz CT molecular complexity index is 265. The van der Waals surface area contributed by atoms with E-state index in [-0.39, 0.29) is 0 Å². The molecule has 1 heteroatoms. The molecule has 12 heavy (non-hydrogen) atoms. The van der Waals surface area contributed by atoms with E-state index in [2.05, 4.69) is 43.1 Å². The minimum atomic E-state index is 0.407. The van der Waals surface area contributed by atoms with Crippen LogP contribution in [0.5, 0.6) is 0 Å². The van der Waals surface area contributed by atoms with Gasteiger partial charge in [0.05, 0.1) is 0 Å². The van der Waals surface area contributed by atoms with E-state index in [1.807, 2.05) is 13.1 Å². The molecule has 0 amide bonds. The first-order valence-electron chi connectivity index (χ1n) is 4.17. The largest absolute Gasteiger partial charge is 0.313 e. The SMILES string of the molecule is C=Cc1cccc(C(C)NC)c1. The lowest BCUT2D eigenvalue weighted by atomic mass is 10.1. The zero-order chi connectivity index (χ0) is 8.97. The Morgan fingerprint density at radius 3 is 2.83 bits per heavy atom. The normalized spacial score (nSPS) is 12.5. The second kappa shape index (κ2) is 4.07. The van der Waals surface area contributed by atoms with Crippen molar-refractivity contribution in [2.45, 2.75) is 13.0 Å². The van der Waals surface area contributed by atoms with Crippen LogP contribution >= 0.6 is 0 Å². The van der Waals surface area contributed by atoms with Crippen LogP contribution in [0.4, 0.5) is 0 Å². The number of hydrogen-bond donors (Lipinski definition) is 1. The Labute approximate surface area is 74.1 Å². The van der Waals surface area contributed by atoms with Gasteiger partial charge in [-0.2, -0.15) is 0 Å². The maximum Gasteiger partial charge on any atom is 0.0289 e. The Hall–Kier alpha value is -1.08. The molecular formula is C11H15N. The molecule has 0 radical (unpaired) electrons. The number of nitrogens with one attached hydrogen (secondary N) is 1. The molecule has 1 atom stereocenters. The van der Waals surface area contributed by atoms with Crippen LogP contribution in [-0.4, -0.2) is 7.05 Å². The smallest absolute Gasteiger partial charge is 0.0289 e. The van der Waals surface area contributed by atoms with E-state index in [9.17, 15) is 0 Å². The van der Waals surface area contributed by atoms with Crippen molar-refractivity contribution in [3.63, 3.8) is 0 Å². The molecule has 0 aliphatic heterocycles. The van der Waals surface area contributed by atoms with Crippen LogP contribution < -0.4 is 5.32 Å². The lowest BCUT2D eigenvalue weighted by Crippen LogP contribution is -2.12. The zero-order valence-corrected chi connectivity index (χ0v) is 7.67. The lowest BCUT2D eigenvalue weighted by molar-refractivity contribution is 0.652. The Kier molecular flexibility index (Phi) is 3.06. The molecule has 0 bridgehead atoms. The standard InChI is InChI=1S/C11H15N/c1-4-10-6-5-7-11(8-10)9(2)12-3/h4-9,12H,1H2,2-3H3. The van der Waals surface area contributed by atoms with Gasteiger partial charge >= 0.3 is 0 Å². The second-order valence-corrected chi connectivity index (χ2v) is 2.88. The van der Waals surface area contributed by atoms with Gasteiger partial charge in [-0.15, -0.1) is 0 Å². The van der Waals surface area contributed by atoms with E-state index in [4.69, 9.17) is 0 Å². The van der Waals surface area contributed by atoms with Crippen molar-refractivity contribution in [2.24, 2.45) is 0 Å². The van der Waals surface area contributed by atoms with Gasteiger partial charge in [-0.25, -0.2) is 0 Å². The van der Waals surface area contributed by atoms with Gasteiger partial charge in [0.2, 0.25) is 0 Å². The van der Waals surface area contributed by atoms with Crippen molar-refractivity contribution in [3.05, 3.63) is 42.0 Å². The molecule has 1 nitrogen and oxygen atoms in total. The van der Waals surface area contributed by atoms with Crippen molar-refractivity contribution >= 4 is 6.08 Å². The van der Waals surface area contributed by atoms with Crippen LogP contribution in [0.25, 0.3) is 6.08 Å². The lowest BCUT2D eigenvalue weighted by Gasteiger charge is -2.10. The van der Waals surface area contributed by atoms with Gasteiger partial charge in [-0.05, 0) is 25.1 Å². The van der Waals surface area contributed by atoms with E-state index in [0.29, 0.717) is 6.04 Å². The fourth-order valence-electron chi connectivity index (χ4n) is 1.12. The fraction of sp³-hybridized carbons (Fsp3) is 0.273. The predicted molar refractivity (Wildman–Crippen MR) is 54.0 cm³/mol. The first-order valence-corrected chi connectivity index (χ1v) is 4.17. The van der Waals surface area contributed by atoms with Crippen LogP contribution in [0.3, 0.4) is 0 Å². The number of rotatable bonds is 3. The zero-order valence-electron chi connectivity index (χ0n) is 7.67. The molecule has 0 aromatic heterocycles. The summed E-state index contributed by atoms with van der Waals surface area (Å²) in [6, 6.07) is 8.78. The highest BCUT2D eigenvalue weighted by atomic mass is 14.8. The van der Waals surface area contributed by atoms with Crippen LogP contribution in [0.15, 0.2) is 30.8 Å². The second-order valence-electron chi connectivity index (χ2n) is 2.88. The summed E-state index contributed by atoms with van der Waals surface area (Å²) in [5.41, 5.74) is 2.48. The van der Waals surface area contributed by atoms with Gasteiger partial charge < -0.3 is 5.32 Å². The summed E-state index contributed by atoms with van der Waals surface area (Å²) in [6.07, 6.45) is 1.87. The van der Waals surface area contributed by atoms with E-state index >= 15 is 0 Å². The van der Waals surface area contributed by atoms with Crippen molar-refractivity contribution < 1.29 is 0 Å². The van der Waals surface area contributed by atoms with Gasteiger partial charge in [-0.3, -0.25) is 0 Å². The molecule has 1 aromatic rings. The van der Waals surface area contributed by atoms with Crippen molar-refractivity contribution in [2.75, 3.05) is 7.05 Å². The first-order chi connectivity index (χ1) is 5.77. The van der Waals surface area contributed by atoms with E-state index < -0.39 is 0 Å². The van der Waals surface area contributed by atoms with Crippen LogP contribution in [0.2, 0.25) is 0 Å². The summed E-state index contributed by atoms with van der Waals surface area (Å²) in [6.45, 7) is 5.88. The Morgan fingerprint density at radius 2 is 2.25 bits per heavy atom. The molecule has 0 aliphatic carbocycles. The molecule has 0 spiro atoms. The Morgan fingerprint density at radius 1 is 1.50 bits per heavy atom. The summed E-state index contributed by atoms with van der Waals surface area (Å²) in [4.78, 5) is 0. The molecule has 0 aliphatic rings. The van der Waals surface area contributed by atoms with E-state index in [1.165, 1.54) is 11.1 Å². The van der Waals surface area contributed by atoms with Gasteiger partial charge in [-0.1, -0.05) is 36.9 Å². The molecule has 1 rings (SSSR count). The van der Waals surface area contributed by atoms with E-state index in [0.717, 1.165) is 0 Å². The van der Waals surface area contributed by atoms with Crippen LogP contribution in [0, 0.1) is 0 Å². The van der Waals surface area contributed by atoms with Crippen LogP contribution in [-0.2, 0) is 0 Å².